The Kier molecular flexibility index (Phi) is 5.67. The molecule has 1 aliphatic carbocycles. The predicted octanol–water partition coefficient (Wildman–Crippen LogP) is 2.05. The van der Waals surface area contributed by atoms with Gasteiger partial charge in [-0.05, 0) is 31.7 Å². The van der Waals surface area contributed by atoms with Crippen LogP contribution in [0.2, 0.25) is 0 Å². The van der Waals surface area contributed by atoms with Crippen LogP contribution in [0.4, 0.5) is 11.8 Å². The monoisotopic (exact) mass is 320 g/mol. The lowest BCUT2D eigenvalue weighted by atomic mass is 9.86. The van der Waals surface area contributed by atoms with Gasteiger partial charge in [0.05, 0.1) is 18.8 Å². The van der Waals surface area contributed by atoms with Crippen LogP contribution in [0.5, 0.6) is 0 Å². The van der Waals surface area contributed by atoms with Crippen LogP contribution in [0.1, 0.15) is 38.5 Å². The molecule has 2 heterocycles. The fraction of sp³-hybridized carbons (Fsp3) is 0.765. The SMILES string of the molecule is CN(C[C@@H]1CCCC[C@H]1O)c1nccc(N[C@@H]2CCCOC2)n1. The van der Waals surface area contributed by atoms with Crippen LogP contribution in [-0.2, 0) is 4.74 Å². The van der Waals surface area contributed by atoms with Crippen LogP contribution < -0.4 is 10.2 Å². The number of rotatable bonds is 5. The van der Waals surface area contributed by atoms with E-state index in [1.54, 1.807) is 6.20 Å². The highest BCUT2D eigenvalue weighted by Gasteiger charge is 2.25. The first-order chi connectivity index (χ1) is 11.2. The van der Waals surface area contributed by atoms with Gasteiger partial charge >= 0.3 is 0 Å². The minimum absolute atomic E-state index is 0.188. The van der Waals surface area contributed by atoms with E-state index in [-0.39, 0.29) is 6.10 Å². The highest BCUT2D eigenvalue weighted by atomic mass is 16.5. The molecule has 0 unspecified atom stereocenters. The summed E-state index contributed by atoms with van der Waals surface area (Å²) in [6.45, 7) is 2.40. The topological polar surface area (TPSA) is 70.5 Å². The molecule has 1 saturated heterocycles. The molecule has 0 spiro atoms. The molecule has 23 heavy (non-hydrogen) atoms. The molecule has 1 aliphatic heterocycles. The quantitative estimate of drug-likeness (QED) is 0.865. The summed E-state index contributed by atoms with van der Waals surface area (Å²) in [5.74, 6) is 1.88. The second kappa shape index (κ2) is 7.93. The average Bonchev–Trinajstić information content (AvgIpc) is 2.58. The van der Waals surface area contributed by atoms with Crippen molar-refractivity contribution in [3.05, 3.63) is 12.3 Å². The zero-order valence-electron chi connectivity index (χ0n) is 13.9. The first-order valence-corrected chi connectivity index (χ1v) is 8.79. The zero-order valence-corrected chi connectivity index (χ0v) is 13.9. The van der Waals surface area contributed by atoms with Gasteiger partial charge in [0.25, 0.3) is 0 Å². The maximum absolute atomic E-state index is 10.1. The van der Waals surface area contributed by atoms with Gasteiger partial charge in [0.1, 0.15) is 5.82 Å². The predicted molar refractivity (Wildman–Crippen MR) is 90.7 cm³/mol. The van der Waals surface area contributed by atoms with E-state index in [4.69, 9.17) is 4.74 Å². The van der Waals surface area contributed by atoms with Crippen molar-refractivity contribution in [1.82, 2.24) is 9.97 Å². The van der Waals surface area contributed by atoms with Crippen molar-refractivity contribution in [2.75, 3.05) is 37.0 Å². The number of aliphatic hydroxyl groups excluding tert-OH is 1. The molecule has 128 valence electrons. The summed E-state index contributed by atoms with van der Waals surface area (Å²) in [4.78, 5) is 11.1. The Labute approximate surface area is 138 Å². The Bertz CT molecular complexity index is 493. The number of aromatic nitrogens is 2. The molecule has 0 bridgehead atoms. The summed E-state index contributed by atoms with van der Waals surface area (Å²) in [6, 6.07) is 2.23. The number of aliphatic hydroxyl groups is 1. The Morgan fingerprint density at radius 2 is 2.17 bits per heavy atom. The van der Waals surface area contributed by atoms with E-state index in [1.165, 1.54) is 6.42 Å². The van der Waals surface area contributed by atoms with E-state index in [9.17, 15) is 5.11 Å². The maximum Gasteiger partial charge on any atom is 0.226 e. The van der Waals surface area contributed by atoms with E-state index >= 15 is 0 Å². The number of nitrogens with zero attached hydrogens (tertiary/aromatic N) is 3. The van der Waals surface area contributed by atoms with Gasteiger partial charge in [0.15, 0.2) is 0 Å². The first kappa shape index (κ1) is 16.5. The Hall–Kier alpha value is -1.40. The molecule has 0 amide bonds. The molecule has 6 nitrogen and oxygen atoms in total. The highest BCUT2D eigenvalue weighted by molar-refractivity contribution is 5.41. The van der Waals surface area contributed by atoms with E-state index in [2.05, 4.69) is 20.2 Å². The summed E-state index contributed by atoms with van der Waals surface area (Å²) in [7, 11) is 2.00. The summed E-state index contributed by atoms with van der Waals surface area (Å²) < 4.78 is 5.50. The summed E-state index contributed by atoms with van der Waals surface area (Å²) >= 11 is 0. The standard InChI is InChI=1S/C17H28N4O2/c1-21(11-13-5-2-3-7-15(13)22)17-18-9-8-16(20-17)19-14-6-4-10-23-12-14/h8-9,13-15,22H,2-7,10-12H2,1H3,(H,18,19,20)/t13-,14+,15+/m0/s1. The Balaban J connectivity index is 1.59. The summed E-state index contributed by atoms with van der Waals surface area (Å²) in [5, 5.41) is 13.6. The largest absolute Gasteiger partial charge is 0.393 e. The maximum atomic E-state index is 10.1. The number of nitrogens with one attached hydrogen (secondary N) is 1. The van der Waals surface area contributed by atoms with Crippen molar-refractivity contribution in [3.63, 3.8) is 0 Å². The Morgan fingerprint density at radius 1 is 1.30 bits per heavy atom. The third kappa shape index (κ3) is 4.54. The number of hydrogen-bond donors (Lipinski definition) is 2. The third-order valence-electron chi connectivity index (χ3n) is 4.87. The van der Waals surface area contributed by atoms with Crippen molar-refractivity contribution >= 4 is 11.8 Å². The van der Waals surface area contributed by atoms with Crippen LogP contribution in [-0.4, -0.2) is 54.0 Å². The third-order valence-corrected chi connectivity index (χ3v) is 4.87. The van der Waals surface area contributed by atoms with Gasteiger partial charge < -0.3 is 20.1 Å². The van der Waals surface area contributed by atoms with Crippen molar-refractivity contribution in [1.29, 1.82) is 0 Å². The lowest BCUT2D eigenvalue weighted by molar-refractivity contribution is 0.0735. The van der Waals surface area contributed by atoms with Gasteiger partial charge in [0.2, 0.25) is 5.95 Å². The number of anilines is 2. The van der Waals surface area contributed by atoms with Crippen molar-refractivity contribution in [3.8, 4) is 0 Å². The van der Waals surface area contributed by atoms with Gasteiger partial charge in [-0.1, -0.05) is 12.8 Å². The molecule has 1 aromatic rings. The number of ether oxygens (including phenoxy) is 1. The lowest BCUT2D eigenvalue weighted by Crippen LogP contribution is -2.36. The molecule has 0 radical (unpaired) electrons. The molecule has 1 aromatic heterocycles. The molecule has 2 N–H and O–H groups in total. The minimum Gasteiger partial charge on any atom is -0.393 e. The smallest absolute Gasteiger partial charge is 0.226 e. The highest BCUT2D eigenvalue weighted by Crippen LogP contribution is 2.26. The summed E-state index contributed by atoms with van der Waals surface area (Å²) in [5.41, 5.74) is 0. The van der Waals surface area contributed by atoms with Crippen LogP contribution in [0, 0.1) is 5.92 Å². The average molecular weight is 320 g/mol. The molecule has 1 saturated carbocycles. The fourth-order valence-corrected chi connectivity index (χ4v) is 3.51. The van der Waals surface area contributed by atoms with E-state index in [0.29, 0.717) is 17.9 Å². The second-order valence-corrected chi connectivity index (χ2v) is 6.79. The van der Waals surface area contributed by atoms with E-state index in [1.807, 2.05) is 13.1 Å². The zero-order chi connectivity index (χ0) is 16.1. The normalized spacial score (nSPS) is 28.3. The van der Waals surface area contributed by atoms with E-state index in [0.717, 1.165) is 57.7 Å². The number of hydrogen-bond acceptors (Lipinski definition) is 6. The molecule has 0 aromatic carbocycles. The van der Waals surface area contributed by atoms with E-state index < -0.39 is 0 Å². The van der Waals surface area contributed by atoms with Gasteiger partial charge in [-0.3, -0.25) is 0 Å². The van der Waals surface area contributed by atoms with Gasteiger partial charge in [-0.25, -0.2) is 4.98 Å². The fourth-order valence-electron chi connectivity index (χ4n) is 3.51. The van der Waals surface area contributed by atoms with Crippen LogP contribution >= 0.6 is 0 Å². The minimum atomic E-state index is -0.188. The van der Waals surface area contributed by atoms with Crippen molar-refractivity contribution < 1.29 is 9.84 Å². The molecular formula is C17H28N4O2. The molecule has 3 rings (SSSR count). The van der Waals surface area contributed by atoms with Gasteiger partial charge in [-0.2, -0.15) is 4.98 Å². The molecule has 3 atom stereocenters. The first-order valence-electron chi connectivity index (χ1n) is 8.79. The van der Waals surface area contributed by atoms with Crippen molar-refractivity contribution in [2.24, 2.45) is 5.92 Å². The van der Waals surface area contributed by atoms with Gasteiger partial charge in [0, 0.05) is 32.3 Å². The molecule has 2 fully saturated rings. The molecule has 6 heteroatoms. The Morgan fingerprint density at radius 3 is 2.96 bits per heavy atom. The van der Waals surface area contributed by atoms with Crippen molar-refractivity contribution in [2.45, 2.75) is 50.7 Å². The van der Waals surface area contributed by atoms with Crippen LogP contribution in [0.15, 0.2) is 12.3 Å². The lowest BCUT2D eigenvalue weighted by Gasteiger charge is -2.31. The molecular weight excluding hydrogens is 292 g/mol. The second-order valence-electron chi connectivity index (χ2n) is 6.79. The summed E-state index contributed by atoms with van der Waals surface area (Å²) in [6.07, 6.45) is 8.17. The van der Waals surface area contributed by atoms with Crippen LogP contribution in [0.25, 0.3) is 0 Å². The molecule has 2 aliphatic rings. The van der Waals surface area contributed by atoms with Crippen LogP contribution in [0.3, 0.4) is 0 Å². The van der Waals surface area contributed by atoms with Gasteiger partial charge in [-0.15, -0.1) is 0 Å².